The van der Waals surface area contributed by atoms with Gasteiger partial charge in [-0.3, -0.25) is 4.79 Å². The number of rotatable bonds is 6. The van der Waals surface area contributed by atoms with Crippen molar-refractivity contribution in [2.24, 2.45) is 0 Å². The third kappa shape index (κ3) is 5.55. The first-order valence-electron chi connectivity index (χ1n) is 11.6. The summed E-state index contributed by atoms with van der Waals surface area (Å²) in [7, 11) is -3.66. The number of benzene rings is 1. The number of sulfonamides is 1. The van der Waals surface area contributed by atoms with E-state index < -0.39 is 10.0 Å². The second kappa shape index (κ2) is 10.6. The van der Waals surface area contributed by atoms with E-state index in [-0.39, 0.29) is 11.9 Å². The van der Waals surface area contributed by atoms with E-state index in [9.17, 15) is 13.2 Å². The average molecular weight is 436 g/mol. The van der Waals surface area contributed by atoms with Crippen molar-refractivity contribution in [2.75, 3.05) is 31.1 Å². The normalized spacial score (nSPS) is 20.3. The Kier molecular flexibility index (Phi) is 8.17. The van der Waals surface area contributed by atoms with Gasteiger partial charge < -0.3 is 10.2 Å². The Morgan fingerprint density at radius 2 is 1.53 bits per heavy atom. The molecule has 3 rings (SSSR count). The summed E-state index contributed by atoms with van der Waals surface area (Å²) in [6.45, 7) is 6.82. The molecular formula is C23H37N3O3S. The highest BCUT2D eigenvalue weighted by molar-refractivity contribution is 7.89. The molecule has 1 amide bonds. The molecule has 0 unspecified atom stereocenters. The molecule has 2 fully saturated rings. The van der Waals surface area contributed by atoms with Crippen LogP contribution in [-0.4, -0.2) is 50.9 Å². The topological polar surface area (TPSA) is 69.7 Å². The highest BCUT2D eigenvalue weighted by Gasteiger charge is 2.30. The minimum Gasteiger partial charge on any atom is -0.370 e. The highest BCUT2D eigenvalue weighted by atomic mass is 32.2. The Balaban J connectivity index is 2.00. The van der Waals surface area contributed by atoms with Gasteiger partial charge >= 0.3 is 0 Å². The van der Waals surface area contributed by atoms with Gasteiger partial charge in [-0.15, -0.1) is 0 Å². The lowest BCUT2D eigenvalue weighted by molar-refractivity contribution is 0.0939. The fourth-order valence-corrected chi connectivity index (χ4v) is 6.02. The molecule has 0 spiro atoms. The standard InChI is InChI=1S/C23H37N3O3S/c1-3-19(2)24-23(27)20-12-13-21(25-14-8-4-5-9-15-25)22(18-20)30(28,29)26-16-10-6-7-11-17-26/h12-13,18-19H,3-11,14-17H2,1-2H3,(H,24,27)/t19-/m0/s1. The molecule has 2 saturated heterocycles. The molecule has 0 bridgehead atoms. The van der Waals surface area contributed by atoms with E-state index in [2.05, 4.69) is 10.2 Å². The highest BCUT2D eigenvalue weighted by Crippen LogP contribution is 2.32. The largest absolute Gasteiger partial charge is 0.370 e. The molecule has 1 aromatic carbocycles. The van der Waals surface area contributed by atoms with Gasteiger partial charge in [-0.05, 0) is 57.2 Å². The van der Waals surface area contributed by atoms with Crippen LogP contribution < -0.4 is 10.2 Å². The van der Waals surface area contributed by atoms with Crippen LogP contribution in [0.3, 0.4) is 0 Å². The van der Waals surface area contributed by atoms with Crippen LogP contribution >= 0.6 is 0 Å². The first kappa shape index (κ1) is 23.1. The van der Waals surface area contributed by atoms with Crippen molar-refractivity contribution in [3.63, 3.8) is 0 Å². The molecule has 168 valence electrons. The first-order valence-corrected chi connectivity index (χ1v) is 13.1. The van der Waals surface area contributed by atoms with E-state index in [1.165, 1.54) is 12.8 Å². The molecule has 2 aliphatic rings. The van der Waals surface area contributed by atoms with Crippen LogP contribution in [0.15, 0.2) is 23.1 Å². The zero-order valence-corrected chi connectivity index (χ0v) is 19.3. The van der Waals surface area contributed by atoms with Crippen LogP contribution in [0.5, 0.6) is 0 Å². The number of carbonyl (C=O) groups is 1. The van der Waals surface area contributed by atoms with Crippen LogP contribution in [0.2, 0.25) is 0 Å². The summed E-state index contributed by atoms with van der Waals surface area (Å²) in [5, 5.41) is 2.96. The van der Waals surface area contributed by atoms with E-state index in [0.717, 1.165) is 63.7 Å². The number of nitrogens with zero attached hydrogens (tertiary/aromatic N) is 2. The van der Waals surface area contributed by atoms with Crippen LogP contribution in [0.1, 0.15) is 82.0 Å². The summed E-state index contributed by atoms with van der Waals surface area (Å²) in [4.78, 5) is 15.2. The Bertz CT molecular complexity index is 809. The van der Waals surface area contributed by atoms with Gasteiger partial charge in [0.15, 0.2) is 0 Å². The molecule has 2 heterocycles. The average Bonchev–Trinajstić information content (AvgIpc) is 3.19. The number of hydrogen-bond donors (Lipinski definition) is 1. The van der Waals surface area contributed by atoms with Gasteiger partial charge in [0.2, 0.25) is 10.0 Å². The number of nitrogens with one attached hydrogen (secondary N) is 1. The molecule has 2 aliphatic heterocycles. The smallest absolute Gasteiger partial charge is 0.251 e. The molecule has 7 heteroatoms. The lowest BCUT2D eigenvalue weighted by Crippen LogP contribution is -2.35. The molecular weight excluding hydrogens is 398 g/mol. The van der Waals surface area contributed by atoms with Crippen molar-refractivity contribution in [3.8, 4) is 0 Å². The lowest BCUT2D eigenvalue weighted by Gasteiger charge is -2.28. The van der Waals surface area contributed by atoms with Gasteiger partial charge in [-0.25, -0.2) is 8.42 Å². The fourth-order valence-electron chi connectivity index (χ4n) is 4.27. The minimum atomic E-state index is -3.66. The third-order valence-corrected chi connectivity index (χ3v) is 8.27. The first-order chi connectivity index (χ1) is 14.4. The number of anilines is 1. The molecule has 1 N–H and O–H groups in total. The summed E-state index contributed by atoms with van der Waals surface area (Å²) in [6, 6.07) is 5.28. The van der Waals surface area contributed by atoms with Gasteiger partial charge in [-0.2, -0.15) is 4.31 Å². The molecule has 0 radical (unpaired) electrons. The van der Waals surface area contributed by atoms with Crippen molar-refractivity contribution in [2.45, 2.75) is 82.6 Å². The van der Waals surface area contributed by atoms with Gasteiger partial charge in [0, 0.05) is 37.8 Å². The monoisotopic (exact) mass is 435 g/mol. The Labute approximate surface area is 182 Å². The minimum absolute atomic E-state index is 0.0495. The van der Waals surface area contributed by atoms with Gasteiger partial charge in [0.25, 0.3) is 5.91 Å². The summed E-state index contributed by atoms with van der Waals surface area (Å²) in [6.07, 6.45) is 9.26. The van der Waals surface area contributed by atoms with E-state index >= 15 is 0 Å². The van der Waals surface area contributed by atoms with E-state index in [4.69, 9.17) is 0 Å². The van der Waals surface area contributed by atoms with Gasteiger partial charge in [-0.1, -0.05) is 32.6 Å². The van der Waals surface area contributed by atoms with Gasteiger partial charge in [0.1, 0.15) is 4.90 Å². The van der Waals surface area contributed by atoms with Crippen molar-refractivity contribution < 1.29 is 13.2 Å². The predicted molar refractivity (Wildman–Crippen MR) is 122 cm³/mol. The summed E-state index contributed by atoms with van der Waals surface area (Å²) >= 11 is 0. The lowest BCUT2D eigenvalue weighted by atomic mass is 10.1. The molecule has 0 aliphatic carbocycles. The Hall–Kier alpha value is -1.60. The maximum atomic E-state index is 13.7. The fraction of sp³-hybridized carbons (Fsp3) is 0.696. The van der Waals surface area contributed by atoms with Crippen molar-refractivity contribution in [1.82, 2.24) is 9.62 Å². The molecule has 1 atom stereocenters. The zero-order valence-electron chi connectivity index (χ0n) is 18.5. The molecule has 30 heavy (non-hydrogen) atoms. The molecule has 0 aromatic heterocycles. The maximum Gasteiger partial charge on any atom is 0.251 e. The summed E-state index contributed by atoms with van der Waals surface area (Å²) in [5.41, 5.74) is 1.17. The molecule has 0 saturated carbocycles. The summed E-state index contributed by atoms with van der Waals surface area (Å²) in [5.74, 6) is -0.209. The van der Waals surface area contributed by atoms with Crippen LogP contribution in [0, 0.1) is 0 Å². The van der Waals surface area contributed by atoms with E-state index in [1.54, 1.807) is 16.4 Å². The maximum absolute atomic E-state index is 13.7. The Morgan fingerprint density at radius 3 is 2.10 bits per heavy atom. The van der Waals surface area contributed by atoms with Crippen molar-refractivity contribution in [1.29, 1.82) is 0 Å². The van der Waals surface area contributed by atoms with Crippen LogP contribution in [-0.2, 0) is 10.0 Å². The second-order valence-electron chi connectivity index (χ2n) is 8.68. The third-order valence-electron chi connectivity index (χ3n) is 6.34. The Morgan fingerprint density at radius 1 is 0.967 bits per heavy atom. The number of carbonyl (C=O) groups excluding carboxylic acids is 1. The van der Waals surface area contributed by atoms with Gasteiger partial charge in [0.05, 0.1) is 5.69 Å². The zero-order chi connectivity index (χ0) is 21.6. The molecule has 1 aromatic rings. The number of amides is 1. The van der Waals surface area contributed by atoms with Crippen molar-refractivity contribution in [3.05, 3.63) is 23.8 Å². The summed E-state index contributed by atoms with van der Waals surface area (Å²) < 4.78 is 29.1. The quantitative estimate of drug-likeness (QED) is 0.728. The number of hydrogen-bond acceptors (Lipinski definition) is 4. The van der Waals surface area contributed by atoms with Crippen molar-refractivity contribution >= 4 is 21.6 Å². The van der Waals surface area contributed by atoms with E-state index in [1.807, 2.05) is 19.9 Å². The van der Waals surface area contributed by atoms with Crippen LogP contribution in [0.4, 0.5) is 5.69 Å². The van der Waals surface area contributed by atoms with Crippen LogP contribution in [0.25, 0.3) is 0 Å². The SMILES string of the molecule is CC[C@H](C)NC(=O)c1ccc(N2CCCCCC2)c(S(=O)(=O)N2CCCCCC2)c1. The predicted octanol–water partition coefficient (Wildman–Crippen LogP) is 4.16. The second-order valence-corrected chi connectivity index (χ2v) is 10.6. The molecule has 6 nitrogen and oxygen atoms in total. The van der Waals surface area contributed by atoms with E-state index in [0.29, 0.717) is 23.5 Å².